The molecule has 0 saturated carbocycles. The van der Waals surface area contributed by atoms with Crippen LogP contribution in [0.5, 0.6) is 0 Å². The number of H-pyrrole nitrogens is 1. The molecule has 2 aromatic carbocycles. The normalized spacial score (nSPS) is 12.4. The summed E-state index contributed by atoms with van der Waals surface area (Å²) in [6, 6.07) is 20.7. The van der Waals surface area contributed by atoms with Gasteiger partial charge in [-0.1, -0.05) is 61.8 Å². The Kier molecular flexibility index (Phi) is 7.53. The van der Waals surface area contributed by atoms with E-state index in [0.29, 0.717) is 18.3 Å². The van der Waals surface area contributed by atoms with Gasteiger partial charge < -0.3 is 21.4 Å². The van der Waals surface area contributed by atoms with E-state index < -0.39 is 0 Å². The molecule has 0 amide bonds. The highest BCUT2D eigenvalue weighted by atomic mass is 35.5. The fourth-order valence-electron chi connectivity index (χ4n) is 4.03. The highest BCUT2D eigenvalue weighted by molar-refractivity contribution is 6.31. The van der Waals surface area contributed by atoms with E-state index in [2.05, 4.69) is 64.8 Å². The number of nitrogens with one attached hydrogen (secondary N) is 3. The van der Waals surface area contributed by atoms with Crippen LogP contribution in [0, 0.1) is 5.92 Å². The van der Waals surface area contributed by atoms with Gasteiger partial charge in [-0.05, 0) is 48.6 Å². The predicted octanol–water partition coefficient (Wildman–Crippen LogP) is 6.33. The molecule has 0 aliphatic heterocycles. The summed E-state index contributed by atoms with van der Waals surface area (Å²) in [5.74, 6) is 1.20. The molecule has 0 saturated heterocycles. The van der Waals surface area contributed by atoms with Crippen LogP contribution < -0.4 is 16.4 Å². The lowest BCUT2D eigenvalue weighted by atomic mass is 10.0. The van der Waals surface area contributed by atoms with Crippen LogP contribution in [0.25, 0.3) is 10.9 Å². The number of nitrogens with two attached hydrogens (primary N) is 1. The number of rotatable bonds is 10. The first kappa shape index (κ1) is 23.1. The zero-order chi connectivity index (χ0) is 23.2. The summed E-state index contributed by atoms with van der Waals surface area (Å²) in [5, 5.41) is 9.09. The van der Waals surface area contributed by atoms with E-state index in [1.54, 1.807) is 6.20 Å². The lowest BCUT2D eigenvalue weighted by Crippen LogP contribution is -2.24. The van der Waals surface area contributed by atoms with Gasteiger partial charge in [0.2, 0.25) is 0 Å². The van der Waals surface area contributed by atoms with Crippen molar-refractivity contribution in [1.82, 2.24) is 15.3 Å². The van der Waals surface area contributed by atoms with Crippen molar-refractivity contribution >= 4 is 34.0 Å². The van der Waals surface area contributed by atoms with Crippen LogP contribution >= 0.6 is 11.6 Å². The number of hydrogen-bond donors (Lipinski definition) is 4. The van der Waals surface area contributed by atoms with Gasteiger partial charge in [-0.3, -0.25) is 0 Å². The molecule has 172 valence electrons. The van der Waals surface area contributed by atoms with Gasteiger partial charge in [-0.2, -0.15) is 0 Å². The number of pyridine rings is 1. The van der Waals surface area contributed by atoms with Crippen molar-refractivity contribution in [3.63, 3.8) is 0 Å². The molecule has 2 heterocycles. The first-order chi connectivity index (χ1) is 16.0. The number of nitrogen functional groups attached to an aromatic ring is 1. The predicted molar refractivity (Wildman–Crippen MR) is 140 cm³/mol. The van der Waals surface area contributed by atoms with Gasteiger partial charge in [0, 0.05) is 41.0 Å². The van der Waals surface area contributed by atoms with Crippen molar-refractivity contribution in [2.45, 2.75) is 39.3 Å². The average molecular weight is 462 g/mol. The molecule has 6 heteroatoms. The number of aromatic nitrogens is 2. The fourth-order valence-corrected chi connectivity index (χ4v) is 4.25. The Balaban J connectivity index is 1.63. The third kappa shape index (κ3) is 6.06. The largest absolute Gasteiger partial charge is 0.383 e. The zero-order valence-corrected chi connectivity index (χ0v) is 20.0. The van der Waals surface area contributed by atoms with Gasteiger partial charge in [0.05, 0.1) is 17.2 Å². The Morgan fingerprint density at radius 1 is 1.06 bits per heavy atom. The summed E-state index contributed by atoms with van der Waals surface area (Å²) < 4.78 is 0. The van der Waals surface area contributed by atoms with Crippen molar-refractivity contribution in [3.05, 3.63) is 88.7 Å². The summed E-state index contributed by atoms with van der Waals surface area (Å²) in [4.78, 5) is 7.89. The van der Waals surface area contributed by atoms with Crippen LogP contribution in [0.3, 0.4) is 0 Å². The van der Waals surface area contributed by atoms with Crippen molar-refractivity contribution in [1.29, 1.82) is 0 Å². The Hall–Kier alpha value is -3.02. The Bertz CT molecular complexity index is 1190. The first-order valence-corrected chi connectivity index (χ1v) is 11.9. The molecule has 0 bridgehead atoms. The maximum atomic E-state index is 6.45. The molecule has 5 nitrogen and oxygen atoms in total. The van der Waals surface area contributed by atoms with E-state index in [0.717, 1.165) is 52.3 Å². The number of halogens is 1. The van der Waals surface area contributed by atoms with Crippen molar-refractivity contribution in [3.8, 4) is 0 Å². The standard InChI is InChI=1S/C27H32ClN5/c1-18(2)10-12-30-25-16-22(28)14-21-15-24(33-26(21)25)23(13-19-7-4-3-5-8-19)32-17-20-9-6-11-31-27(20)29/h3-9,11,14-16,18,23,30,32-33H,10,12-13,17H2,1-2H3,(H2,29,31). The number of hydrogen-bond acceptors (Lipinski definition) is 4. The molecule has 0 aliphatic carbocycles. The molecule has 1 unspecified atom stereocenters. The summed E-state index contributed by atoms with van der Waals surface area (Å²) in [6.07, 6.45) is 3.67. The first-order valence-electron chi connectivity index (χ1n) is 11.5. The molecule has 1 atom stereocenters. The Morgan fingerprint density at radius 3 is 2.64 bits per heavy atom. The molecule has 0 aliphatic rings. The average Bonchev–Trinajstić information content (AvgIpc) is 3.22. The lowest BCUT2D eigenvalue weighted by Gasteiger charge is -2.19. The fraction of sp³-hybridized carbons (Fsp3) is 0.296. The number of benzene rings is 2. The molecule has 33 heavy (non-hydrogen) atoms. The van der Waals surface area contributed by atoms with E-state index in [-0.39, 0.29) is 6.04 Å². The van der Waals surface area contributed by atoms with E-state index in [1.165, 1.54) is 5.56 Å². The maximum Gasteiger partial charge on any atom is 0.127 e. The molecular weight excluding hydrogens is 430 g/mol. The van der Waals surface area contributed by atoms with Gasteiger partial charge in [0.25, 0.3) is 0 Å². The van der Waals surface area contributed by atoms with Gasteiger partial charge in [0.1, 0.15) is 5.82 Å². The molecule has 0 radical (unpaired) electrons. The van der Waals surface area contributed by atoms with E-state index >= 15 is 0 Å². The van der Waals surface area contributed by atoms with Crippen LogP contribution in [0.1, 0.15) is 43.1 Å². The van der Waals surface area contributed by atoms with Gasteiger partial charge in [-0.15, -0.1) is 0 Å². The third-order valence-electron chi connectivity index (χ3n) is 5.87. The second-order valence-electron chi connectivity index (χ2n) is 8.92. The molecule has 2 aromatic heterocycles. The van der Waals surface area contributed by atoms with Crippen molar-refractivity contribution < 1.29 is 0 Å². The van der Waals surface area contributed by atoms with Crippen molar-refractivity contribution in [2.24, 2.45) is 5.92 Å². The van der Waals surface area contributed by atoms with Crippen LogP contribution in [-0.2, 0) is 13.0 Å². The molecule has 4 rings (SSSR count). The highest BCUT2D eigenvalue weighted by Gasteiger charge is 2.17. The van der Waals surface area contributed by atoms with E-state index in [1.807, 2.05) is 30.3 Å². The van der Waals surface area contributed by atoms with Crippen molar-refractivity contribution in [2.75, 3.05) is 17.6 Å². The minimum absolute atomic E-state index is 0.0710. The molecule has 4 aromatic rings. The molecular formula is C27H32ClN5. The second-order valence-corrected chi connectivity index (χ2v) is 9.36. The Labute approximate surface area is 200 Å². The monoisotopic (exact) mass is 461 g/mol. The quantitative estimate of drug-likeness (QED) is 0.222. The Morgan fingerprint density at radius 2 is 1.88 bits per heavy atom. The van der Waals surface area contributed by atoms with Crippen LogP contribution in [0.2, 0.25) is 5.02 Å². The zero-order valence-electron chi connectivity index (χ0n) is 19.2. The van der Waals surface area contributed by atoms with Gasteiger partial charge >= 0.3 is 0 Å². The summed E-state index contributed by atoms with van der Waals surface area (Å²) >= 11 is 6.45. The second kappa shape index (κ2) is 10.7. The lowest BCUT2D eigenvalue weighted by molar-refractivity contribution is 0.521. The number of anilines is 2. The molecule has 0 spiro atoms. The SMILES string of the molecule is CC(C)CCNc1cc(Cl)cc2cc(C(Cc3ccccc3)NCc3cccnc3N)[nH]c12. The smallest absolute Gasteiger partial charge is 0.127 e. The number of fused-ring (bicyclic) bond motifs is 1. The van der Waals surface area contributed by atoms with Crippen LogP contribution in [-0.4, -0.2) is 16.5 Å². The van der Waals surface area contributed by atoms with Crippen LogP contribution in [0.15, 0.2) is 66.9 Å². The van der Waals surface area contributed by atoms with Gasteiger partial charge in [0.15, 0.2) is 0 Å². The molecule has 5 N–H and O–H groups in total. The summed E-state index contributed by atoms with van der Waals surface area (Å²) in [6.45, 7) is 6.01. The van der Waals surface area contributed by atoms with E-state index in [9.17, 15) is 0 Å². The maximum absolute atomic E-state index is 6.45. The topological polar surface area (TPSA) is 78.8 Å². The van der Waals surface area contributed by atoms with Gasteiger partial charge in [-0.25, -0.2) is 4.98 Å². The minimum atomic E-state index is 0.0710. The third-order valence-corrected chi connectivity index (χ3v) is 6.09. The highest BCUT2D eigenvalue weighted by Crippen LogP contribution is 2.31. The number of nitrogens with zero attached hydrogens (tertiary/aromatic N) is 1. The minimum Gasteiger partial charge on any atom is -0.383 e. The number of aromatic amines is 1. The van der Waals surface area contributed by atoms with E-state index in [4.69, 9.17) is 17.3 Å². The molecule has 0 fully saturated rings. The van der Waals surface area contributed by atoms with Crippen LogP contribution in [0.4, 0.5) is 11.5 Å². The summed E-state index contributed by atoms with van der Waals surface area (Å²) in [5.41, 5.74) is 11.6. The summed E-state index contributed by atoms with van der Waals surface area (Å²) in [7, 11) is 0.